The molecule has 130 valence electrons. The smallest absolute Gasteiger partial charge is 0.315 e. The van der Waals surface area contributed by atoms with E-state index in [1.165, 1.54) is 5.69 Å². The molecule has 2 amide bonds. The Balaban J connectivity index is 1.52. The summed E-state index contributed by atoms with van der Waals surface area (Å²) >= 11 is 0. The number of amides is 2. The summed E-state index contributed by atoms with van der Waals surface area (Å²) in [7, 11) is 0. The molecule has 1 aromatic rings. The van der Waals surface area contributed by atoms with Gasteiger partial charge >= 0.3 is 6.03 Å². The molecule has 3 N–H and O–H groups in total. The minimum absolute atomic E-state index is 0.0458. The Bertz CT molecular complexity index is 608. The maximum Gasteiger partial charge on any atom is 0.315 e. The van der Waals surface area contributed by atoms with Crippen molar-refractivity contribution in [3.8, 4) is 0 Å². The van der Waals surface area contributed by atoms with Crippen LogP contribution in [0, 0.1) is 5.41 Å². The fraction of sp³-hybridized carbons (Fsp3) is 0.526. The highest BCUT2D eigenvalue weighted by atomic mass is 16.3. The molecule has 24 heavy (non-hydrogen) atoms. The van der Waals surface area contributed by atoms with E-state index in [0.717, 1.165) is 37.9 Å². The van der Waals surface area contributed by atoms with Crippen LogP contribution >= 0.6 is 0 Å². The molecular formula is C19H27N3O2. The number of benzene rings is 1. The van der Waals surface area contributed by atoms with Crippen LogP contribution in [0.2, 0.25) is 0 Å². The average molecular weight is 329 g/mol. The number of urea groups is 1. The predicted octanol–water partition coefficient (Wildman–Crippen LogP) is 2.41. The van der Waals surface area contributed by atoms with Crippen LogP contribution in [0.15, 0.2) is 36.4 Å². The molecule has 2 aliphatic rings. The van der Waals surface area contributed by atoms with Crippen molar-refractivity contribution in [1.29, 1.82) is 0 Å². The number of anilines is 1. The molecule has 0 radical (unpaired) electrons. The highest BCUT2D eigenvalue weighted by Gasteiger charge is 2.39. The first kappa shape index (κ1) is 16.8. The first-order valence-corrected chi connectivity index (χ1v) is 8.75. The number of hydrogen-bond acceptors (Lipinski definition) is 3. The van der Waals surface area contributed by atoms with E-state index >= 15 is 0 Å². The largest absolute Gasteiger partial charge is 0.396 e. The van der Waals surface area contributed by atoms with E-state index in [1.807, 2.05) is 19.1 Å². The van der Waals surface area contributed by atoms with Crippen LogP contribution < -0.4 is 15.5 Å². The first-order valence-electron chi connectivity index (χ1n) is 8.75. The van der Waals surface area contributed by atoms with Gasteiger partial charge in [-0.1, -0.05) is 37.6 Å². The minimum atomic E-state index is -0.194. The molecule has 0 spiro atoms. The number of carbonyl (C=O) groups is 1. The molecule has 2 atom stereocenters. The van der Waals surface area contributed by atoms with Gasteiger partial charge in [-0.25, -0.2) is 4.79 Å². The number of carbonyl (C=O) groups excluding carboxylic acids is 1. The standard InChI is InChI=1S/C19H27N3O2/c1-19(14-23)9-5-8-17(19)21-18(24)20-13-15-6-4-7-16(12-15)22-10-2-3-11-22/h2-4,6-7,12,17,23H,5,8-11,13-14H2,1H3,(H2,20,21,24). The van der Waals surface area contributed by atoms with Crippen molar-refractivity contribution in [2.45, 2.75) is 38.8 Å². The van der Waals surface area contributed by atoms with Gasteiger partial charge in [0.05, 0.1) is 6.61 Å². The third-order valence-corrected chi connectivity index (χ3v) is 5.30. The van der Waals surface area contributed by atoms with Crippen LogP contribution in [0.4, 0.5) is 10.5 Å². The Morgan fingerprint density at radius 3 is 2.92 bits per heavy atom. The summed E-state index contributed by atoms with van der Waals surface area (Å²) in [5.41, 5.74) is 2.08. The van der Waals surface area contributed by atoms with Gasteiger partial charge in [0.15, 0.2) is 0 Å². The molecule has 1 aliphatic carbocycles. The van der Waals surface area contributed by atoms with E-state index in [9.17, 15) is 9.90 Å². The van der Waals surface area contributed by atoms with E-state index in [1.54, 1.807) is 0 Å². The molecular weight excluding hydrogens is 302 g/mol. The van der Waals surface area contributed by atoms with Crippen LogP contribution in [-0.2, 0) is 6.54 Å². The Labute approximate surface area is 143 Å². The van der Waals surface area contributed by atoms with Crippen LogP contribution in [0.25, 0.3) is 0 Å². The topological polar surface area (TPSA) is 64.6 Å². The summed E-state index contributed by atoms with van der Waals surface area (Å²) in [6.07, 6.45) is 7.27. The van der Waals surface area contributed by atoms with Crippen molar-refractivity contribution in [3.63, 3.8) is 0 Å². The lowest BCUT2D eigenvalue weighted by Gasteiger charge is -2.30. The zero-order valence-electron chi connectivity index (χ0n) is 14.3. The maximum atomic E-state index is 12.2. The van der Waals surface area contributed by atoms with Gasteiger partial charge < -0.3 is 20.6 Å². The van der Waals surface area contributed by atoms with Crippen molar-refractivity contribution < 1.29 is 9.90 Å². The number of aliphatic hydroxyl groups is 1. The van der Waals surface area contributed by atoms with Crippen LogP contribution in [0.1, 0.15) is 31.7 Å². The van der Waals surface area contributed by atoms with E-state index in [2.05, 4.69) is 39.8 Å². The fourth-order valence-corrected chi connectivity index (χ4v) is 3.61. The van der Waals surface area contributed by atoms with Gasteiger partial charge in [0.1, 0.15) is 0 Å². The molecule has 0 aromatic heterocycles. The average Bonchev–Trinajstić information content (AvgIpc) is 3.25. The van der Waals surface area contributed by atoms with Crippen molar-refractivity contribution >= 4 is 11.7 Å². The summed E-state index contributed by atoms with van der Waals surface area (Å²) in [5, 5.41) is 15.5. The quantitative estimate of drug-likeness (QED) is 0.727. The zero-order valence-corrected chi connectivity index (χ0v) is 14.3. The number of nitrogens with one attached hydrogen (secondary N) is 2. The molecule has 1 heterocycles. The highest BCUT2D eigenvalue weighted by Crippen LogP contribution is 2.37. The molecule has 0 saturated heterocycles. The molecule has 3 rings (SSSR count). The minimum Gasteiger partial charge on any atom is -0.396 e. The van der Waals surface area contributed by atoms with Crippen LogP contribution in [0.3, 0.4) is 0 Å². The number of aliphatic hydroxyl groups excluding tert-OH is 1. The van der Waals surface area contributed by atoms with Crippen molar-refractivity contribution in [2.24, 2.45) is 5.41 Å². The van der Waals surface area contributed by atoms with E-state index in [4.69, 9.17) is 0 Å². The lowest BCUT2D eigenvalue weighted by atomic mass is 9.86. The molecule has 5 nitrogen and oxygen atoms in total. The molecule has 5 heteroatoms. The van der Waals surface area contributed by atoms with Gasteiger partial charge in [0.2, 0.25) is 0 Å². The van der Waals surface area contributed by atoms with Gasteiger partial charge in [0.25, 0.3) is 0 Å². The lowest BCUT2D eigenvalue weighted by molar-refractivity contribution is 0.121. The Morgan fingerprint density at radius 2 is 2.17 bits per heavy atom. The molecule has 2 unspecified atom stereocenters. The van der Waals surface area contributed by atoms with Crippen molar-refractivity contribution in [2.75, 3.05) is 24.6 Å². The molecule has 1 saturated carbocycles. The predicted molar refractivity (Wildman–Crippen MR) is 96.0 cm³/mol. The lowest BCUT2D eigenvalue weighted by Crippen LogP contribution is -2.48. The Hall–Kier alpha value is -2.01. The SMILES string of the molecule is CC1(CO)CCCC1NC(=O)NCc1cccc(N2CC=CC2)c1. The van der Waals surface area contributed by atoms with Crippen LogP contribution in [0.5, 0.6) is 0 Å². The van der Waals surface area contributed by atoms with Crippen molar-refractivity contribution in [1.82, 2.24) is 10.6 Å². The summed E-state index contributed by atoms with van der Waals surface area (Å²) in [5.74, 6) is 0. The number of hydrogen-bond donors (Lipinski definition) is 3. The second kappa shape index (κ2) is 7.26. The molecule has 1 fully saturated rings. The number of nitrogens with zero attached hydrogens (tertiary/aromatic N) is 1. The maximum absolute atomic E-state index is 12.2. The normalized spacial score (nSPS) is 25.9. The molecule has 0 bridgehead atoms. The number of rotatable bonds is 5. The zero-order chi connectivity index (χ0) is 17.0. The third-order valence-electron chi connectivity index (χ3n) is 5.30. The van der Waals surface area contributed by atoms with Gasteiger partial charge in [-0.3, -0.25) is 0 Å². The van der Waals surface area contributed by atoms with E-state index in [-0.39, 0.29) is 24.1 Å². The van der Waals surface area contributed by atoms with E-state index < -0.39 is 0 Å². The fourth-order valence-electron chi connectivity index (χ4n) is 3.61. The van der Waals surface area contributed by atoms with Crippen LogP contribution in [-0.4, -0.2) is 36.9 Å². The van der Waals surface area contributed by atoms with Gasteiger partial charge in [-0.05, 0) is 30.5 Å². The van der Waals surface area contributed by atoms with Gasteiger partial charge in [0, 0.05) is 36.8 Å². The molecule has 1 aliphatic heterocycles. The summed E-state index contributed by atoms with van der Waals surface area (Å²) in [4.78, 5) is 14.5. The summed E-state index contributed by atoms with van der Waals surface area (Å²) in [6, 6.07) is 8.17. The monoisotopic (exact) mass is 329 g/mol. The molecule has 1 aromatic carbocycles. The Morgan fingerprint density at radius 1 is 1.38 bits per heavy atom. The summed E-state index contributed by atoms with van der Waals surface area (Å²) < 4.78 is 0. The van der Waals surface area contributed by atoms with Gasteiger partial charge in [-0.15, -0.1) is 0 Å². The third kappa shape index (κ3) is 3.73. The summed E-state index contributed by atoms with van der Waals surface area (Å²) in [6.45, 7) is 4.55. The van der Waals surface area contributed by atoms with Gasteiger partial charge in [-0.2, -0.15) is 0 Å². The highest BCUT2D eigenvalue weighted by molar-refractivity contribution is 5.74. The Kier molecular flexibility index (Phi) is 5.09. The first-order chi connectivity index (χ1) is 11.6. The van der Waals surface area contributed by atoms with E-state index in [0.29, 0.717) is 6.54 Å². The second-order valence-electron chi connectivity index (χ2n) is 7.13. The van der Waals surface area contributed by atoms with Crippen molar-refractivity contribution in [3.05, 3.63) is 42.0 Å². The second-order valence-corrected chi connectivity index (χ2v) is 7.13.